The van der Waals surface area contributed by atoms with Gasteiger partial charge in [0, 0.05) is 6.42 Å². The lowest BCUT2D eigenvalue weighted by molar-refractivity contribution is -0.940. The molecular weight excluding hydrogens is 178 g/mol. The van der Waals surface area contributed by atoms with Gasteiger partial charge in [0.05, 0.1) is 26.7 Å². The Kier molecular flexibility index (Phi) is 2.52. The molecule has 3 nitrogen and oxygen atoms in total. The maximum atomic E-state index is 11.8. The van der Waals surface area contributed by atoms with Crippen LogP contribution in [0.5, 0.6) is 0 Å². The monoisotopic (exact) mass is 198 g/mol. The Labute approximate surface area is 85.6 Å². The second-order valence-corrected chi connectivity index (χ2v) is 4.87. The minimum atomic E-state index is 0.0272. The Bertz CT molecular complexity index is 231. The fourth-order valence-electron chi connectivity index (χ4n) is 2.92. The normalized spacial score (nSPS) is 41.0. The van der Waals surface area contributed by atoms with Gasteiger partial charge in [0.2, 0.25) is 0 Å². The van der Waals surface area contributed by atoms with Gasteiger partial charge in [-0.3, -0.25) is 0 Å². The van der Waals surface area contributed by atoms with Crippen LogP contribution in [0, 0.1) is 5.92 Å². The Morgan fingerprint density at radius 2 is 2.07 bits per heavy atom. The Morgan fingerprint density at radius 3 is 2.57 bits per heavy atom. The maximum Gasteiger partial charge on any atom is 0.364 e. The van der Waals surface area contributed by atoms with Crippen molar-refractivity contribution < 1.29 is 14.0 Å². The number of piperidine rings is 3. The van der Waals surface area contributed by atoms with E-state index in [9.17, 15) is 4.79 Å². The van der Waals surface area contributed by atoms with E-state index in [2.05, 4.69) is 7.05 Å². The van der Waals surface area contributed by atoms with Crippen LogP contribution >= 0.6 is 0 Å². The van der Waals surface area contributed by atoms with Gasteiger partial charge in [0.25, 0.3) is 0 Å². The number of hydrogen-bond acceptors (Lipinski definition) is 2. The zero-order valence-electron chi connectivity index (χ0n) is 9.16. The van der Waals surface area contributed by atoms with Crippen LogP contribution < -0.4 is 0 Å². The second-order valence-electron chi connectivity index (χ2n) is 4.87. The summed E-state index contributed by atoms with van der Waals surface area (Å²) in [5.74, 6) is 0.809. The highest BCUT2D eigenvalue weighted by Gasteiger charge is 2.48. The number of fused-ring (bicyclic) bond motifs is 3. The van der Waals surface area contributed by atoms with Crippen LogP contribution in [0.3, 0.4) is 0 Å². The Hall–Kier alpha value is -0.570. The molecule has 3 saturated heterocycles. The summed E-state index contributed by atoms with van der Waals surface area (Å²) >= 11 is 0. The number of esters is 1. The number of carbonyl (C=O) groups excluding carboxylic acids is 1. The third-order valence-corrected chi connectivity index (χ3v) is 3.96. The molecule has 3 fully saturated rings. The summed E-state index contributed by atoms with van der Waals surface area (Å²) in [5, 5.41) is 0. The van der Waals surface area contributed by atoms with Gasteiger partial charge in [-0.15, -0.1) is 0 Å². The van der Waals surface area contributed by atoms with E-state index in [1.165, 1.54) is 12.8 Å². The Morgan fingerprint density at radius 1 is 1.43 bits per heavy atom. The number of hydrogen-bond donors (Lipinski definition) is 0. The first-order valence-electron chi connectivity index (χ1n) is 5.66. The lowest BCUT2D eigenvalue weighted by Crippen LogP contribution is -2.64. The van der Waals surface area contributed by atoms with Gasteiger partial charge in [0.1, 0.15) is 0 Å². The highest BCUT2D eigenvalue weighted by molar-refractivity contribution is 5.74. The highest BCUT2D eigenvalue weighted by Crippen LogP contribution is 2.37. The predicted octanol–water partition coefficient (Wildman–Crippen LogP) is 1.18. The quantitative estimate of drug-likeness (QED) is 0.492. The molecule has 3 aliphatic rings. The smallest absolute Gasteiger partial charge is 0.364 e. The fourth-order valence-corrected chi connectivity index (χ4v) is 2.92. The molecular formula is C11H20NO2+. The van der Waals surface area contributed by atoms with E-state index in [4.69, 9.17) is 4.74 Å². The average molecular weight is 198 g/mol. The van der Waals surface area contributed by atoms with E-state index in [1.807, 2.05) is 6.92 Å². The summed E-state index contributed by atoms with van der Waals surface area (Å²) in [6.45, 7) is 4.72. The molecule has 0 saturated carbocycles. The number of likely N-dealkylation sites (N-methyl/N-ethyl adjacent to an activating group) is 1. The van der Waals surface area contributed by atoms with Crippen molar-refractivity contribution >= 4 is 5.97 Å². The second kappa shape index (κ2) is 3.54. The summed E-state index contributed by atoms with van der Waals surface area (Å²) in [5.41, 5.74) is 0. The zero-order chi connectivity index (χ0) is 10.2. The van der Waals surface area contributed by atoms with E-state index < -0.39 is 0 Å². The van der Waals surface area contributed by atoms with Gasteiger partial charge in [-0.25, -0.2) is 4.79 Å². The lowest BCUT2D eigenvalue weighted by atomic mass is 9.81. The van der Waals surface area contributed by atoms with Crippen molar-refractivity contribution in [3.8, 4) is 0 Å². The first-order valence-corrected chi connectivity index (χ1v) is 5.66. The van der Waals surface area contributed by atoms with Gasteiger partial charge >= 0.3 is 5.97 Å². The molecule has 1 unspecified atom stereocenters. The van der Waals surface area contributed by atoms with Crippen molar-refractivity contribution in [2.24, 2.45) is 5.92 Å². The molecule has 3 rings (SSSR count). The summed E-state index contributed by atoms with van der Waals surface area (Å²) in [6.07, 6.45) is 3.65. The molecule has 3 heteroatoms. The third kappa shape index (κ3) is 1.54. The molecule has 0 aromatic carbocycles. The van der Waals surface area contributed by atoms with Crippen molar-refractivity contribution in [2.75, 3.05) is 26.7 Å². The molecule has 2 bridgehead atoms. The molecule has 80 valence electrons. The lowest BCUT2D eigenvalue weighted by Gasteiger charge is -2.50. The molecule has 1 atom stereocenters. The van der Waals surface area contributed by atoms with Crippen molar-refractivity contribution in [2.45, 2.75) is 32.2 Å². The molecule has 0 spiro atoms. The van der Waals surface area contributed by atoms with Crippen LogP contribution in [0.4, 0.5) is 0 Å². The average Bonchev–Trinajstić information content (AvgIpc) is 2.18. The topological polar surface area (TPSA) is 26.3 Å². The van der Waals surface area contributed by atoms with E-state index in [0.717, 1.165) is 29.9 Å². The van der Waals surface area contributed by atoms with Crippen LogP contribution in [0.2, 0.25) is 0 Å². The molecule has 14 heavy (non-hydrogen) atoms. The summed E-state index contributed by atoms with van der Waals surface area (Å²) < 4.78 is 6.07. The molecule has 0 amide bonds. The molecule has 0 radical (unpaired) electrons. The van der Waals surface area contributed by atoms with E-state index in [1.54, 1.807) is 0 Å². The largest absolute Gasteiger partial charge is 0.462 e. The van der Waals surface area contributed by atoms with E-state index in [0.29, 0.717) is 6.61 Å². The summed E-state index contributed by atoms with van der Waals surface area (Å²) in [4.78, 5) is 11.8. The van der Waals surface area contributed by atoms with Gasteiger partial charge < -0.3 is 9.22 Å². The Balaban J connectivity index is 2.08. The first-order chi connectivity index (χ1) is 6.65. The SMILES string of the molecule is CCOC(=O)C1CC2CC[N+]1(C)CC2. The van der Waals surface area contributed by atoms with E-state index >= 15 is 0 Å². The number of ether oxygens (including phenoxy) is 1. The summed E-state index contributed by atoms with van der Waals surface area (Å²) in [7, 11) is 2.21. The molecule has 0 aliphatic carbocycles. The molecule has 3 aliphatic heterocycles. The van der Waals surface area contributed by atoms with Crippen molar-refractivity contribution in [3.63, 3.8) is 0 Å². The zero-order valence-corrected chi connectivity index (χ0v) is 9.16. The van der Waals surface area contributed by atoms with Gasteiger partial charge in [-0.1, -0.05) is 0 Å². The minimum absolute atomic E-state index is 0.0272. The van der Waals surface area contributed by atoms with Gasteiger partial charge in [-0.05, 0) is 25.7 Å². The molecule has 0 N–H and O–H groups in total. The van der Waals surface area contributed by atoms with Crippen LogP contribution in [0.1, 0.15) is 26.2 Å². The van der Waals surface area contributed by atoms with Crippen LogP contribution in [0.25, 0.3) is 0 Å². The number of rotatable bonds is 2. The van der Waals surface area contributed by atoms with Crippen LogP contribution in [-0.2, 0) is 9.53 Å². The van der Waals surface area contributed by atoms with Gasteiger partial charge in [0.15, 0.2) is 6.04 Å². The molecule has 0 aromatic rings. The first kappa shape index (κ1) is 9.97. The van der Waals surface area contributed by atoms with Crippen LogP contribution in [-0.4, -0.2) is 43.2 Å². The number of quaternary nitrogens is 1. The predicted molar refractivity (Wildman–Crippen MR) is 53.7 cm³/mol. The summed E-state index contributed by atoms with van der Waals surface area (Å²) in [6, 6.07) is 0.127. The minimum Gasteiger partial charge on any atom is -0.462 e. The third-order valence-electron chi connectivity index (χ3n) is 3.96. The molecule has 0 aromatic heterocycles. The highest BCUT2D eigenvalue weighted by atomic mass is 16.5. The van der Waals surface area contributed by atoms with Crippen molar-refractivity contribution in [3.05, 3.63) is 0 Å². The molecule has 3 heterocycles. The fraction of sp³-hybridized carbons (Fsp3) is 0.909. The number of carbonyl (C=O) groups is 1. The van der Waals surface area contributed by atoms with Gasteiger partial charge in [-0.2, -0.15) is 0 Å². The van der Waals surface area contributed by atoms with E-state index in [-0.39, 0.29) is 12.0 Å². The maximum absolute atomic E-state index is 11.8. The van der Waals surface area contributed by atoms with Crippen LogP contribution in [0.15, 0.2) is 0 Å². The number of nitrogens with zero attached hydrogens (tertiary/aromatic N) is 1. The van der Waals surface area contributed by atoms with Crippen molar-refractivity contribution in [1.29, 1.82) is 0 Å². The standard InChI is InChI=1S/C11H20NO2/c1-3-14-11(13)10-8-9-4-6-12(10,2)7-5-9/h9-10H,3-8H2,1-2H3/q+1. The van der Waals surface area contributed by atoms with Crippen molar-refractivity contribution in [1.82, 2.24) is 0 Å².